The molecule has 0 aromatic carbocycles. The molecule has 1 aliphatic carbocycles. The number of ether oxygens (including phenoxy) is 1. The Morgan fingerprint density at radius 3 is 2.23 bits per heavy atom. The largest absolute Gasteiger partial charge is 0.453 e. The van der Waals surface area contributed by atoms with Crippen LogP contribution in [0.2, 0.25) is 0 Å². The van der Waals surface area contributed by atoms with E-state index in [0.29, 0.717) is 0 Å². The zero-order chi connectivity index (χ0) is 9.52. The molecule has 0 unspecified atom stereocenters. The van der Waals surface area contributed by atoms with Gasteiger partial charge in [-0.2, -0.15) is 0 Å². The number of esters is 1. The molecule has 0 spiro atoms. The van der Waals surface area contributed by atoms with Crippen molar-refractivity contribution in [1.82, 2.24) is 0 Å². The maximum atomic E-state index is 10.8. The second-order valence-corrected chi connectivity index (χ2v) is 3.52. The highest BCUT2D eigenvalue weighted by Gasteiger charge is 2.14. The van der Waals surface area contributed by atoms with Gasteiger partial charge in [0.05, 0.1) is 0 Å². The minimum absolute atomic E-state index is 0.0730. The Kier molecular flexibility index (Phi) is 4.39. The van der Waals surface area contributed by atoms with E-state index >= 15 is 0 Å². The molecule has 1 rings (SSSR count). The summed E-state index contributed by atoms with van der Waals surface area (Å²) in [6, 6.07) is 0. The molecule has 0 heterocycles. The minimum atomic E-state index is -0.509. The number of rotatable bonds is 1. The summed E-state index contributed by atoms with van der Waals surface area (Å²) >= 11 is 0. The van der Waals surface area contributed by atoms with Crippen LogP contribution in [0.3, 0.4) is 0 Å². The van der Waals surface area contributed by atoms with Gasteiger partial charge in [-0.1, -0.05) is 19.3 Å². The van der Waals surface area contributed by atoms with Crippen LogP contribution in [0.5, 0.6) is 0 Å². The number of hydrogen-bond acceptors (Lipinski definition) is 2. The third-order valence-corrected chi connectivity index (χ3v) is 2.44. The molecule has 0 aromatic heterocycles. The van der Waals surface area contributed by atoms with E-state index in [1.807, 2.05) is 5.92 Å². The lowest BCUT2D eigenvalue weighted by Crippen LogP contribution is -2.18. The lowest BCUT2D eigenvalue weighted by molar-refractivity contribution is -0.142. The van der Waals surface area contributed by atoms with Crippen molar-refractivity contribution in [2.45, 2.75) is 51.0 Å². The van der Waals surface area contributed by atoms with Gasteiger partial charge in [0.1, 0.15) is 6.10 Å². The van der Waals surface area contributed by atoms with Crippen molar-refractivity contribution in [2.24, 2.45) is 0 Å². The van der Waals surface area contributed by atoms with E-state index in [0.717, 1.165) is 25.7 Å². The molecule has 1 saturated carbocycles. The second-order valence-electron chi connectivity index (χ2n) is 3.52. The highest BCUT2D eigenvalue weighted by molar-refractivity contribution is 5.87. The van der Waals surface area contributed by atoms with Crippen molar-refractivity contribution in [1.29, 1.82) is 0 Å². The molecule has 0 aromatic rings. The van der Waals surface area contributed by atoms with Gasteiger partial charge in [-0.15, -0.1) is 6.42 Å². The predicted octanol–water partition coefficient (Wildman–Crippen LogP) is 2.28. The summed E-state index contributed by atoms with van der Waals surface area (Å²) in [6.45, 7) is 0. The second kappa shape index (κ2) is 5.64. The van der Waals surface area contributed by atoms with Crippen LogP contribution in [0.15, 0.2) is 0 Å². The van der Waals surface area contributed by atoms with Gasteiger partial charge in [0, 0.05) is 5.92 Å². The van der Waals surface area contributed by atoms with E-state index in [1.54, 1.807) is 0 Å². The molecule has 1 fully saturated rings. The molecule has 0 bridgehead atoms. The molecule has 0 saturated heterocycles. The maximum Gasteiger partial charge on any atom is 0.384 e. The van der Waals surface area contributed by atoms with Crippen molar-refractivity contribution in [3.05, 3.63) is 0 Å². The summed E-state index contributed by atoms with van der Waals surface area (Å²) in [5.41, 5.74) is 0. The Morgan fingerprint density at radius 1 is 1.15 bits per heavy atom. The van der Waals surface area contributed by atoms with Crippen LogP contribution in [0.4, 0.5) is 0 Å². The van der Waals surface area contributed by atoms with Crippen molar-refractivity contribution >= 4 is 5.97 Å². The molecule has 2 nitrogen and oxygen atoms in total. The van der Waals surface area contributed by atoms with E-state index in [4.69, 9.17) is 11.2 Å². The first-order valence-corrected chi connectivity index (χ1v) is 5.00. The van der Waals surface area contributed by atoms with Crippen molar-refractivity contribution < 1.29 is 9.53 Å². The van der Waals surface area contributed by atoms with E-state index in [1.165, 1.54) is 19.3 Å². The van der Waals surface area contributed by atoms with Gasteiger partial charge in [0.2, 0.25) is 0 Å². The Hall–Kier alpha value is -0.970. The van der Waals surface area contributed by atoms with Gasteiger partial charge in [-0.05, 0) is 25.7 Å². The molecular weight excluding hydrogens is 164 g/mol. The Bertz CT molecular complexity index is 195. The summed E-state index contributed by atoms with van der Waals surface area (Å²) in [5.74, 6) is 1.48. The third kappa shape index (κ3) is 3.98. The zero-order valence-electron chi connectivity index (χ0n) is 7.92. The number of carbonyl (C=O) groups is 1. The highest BCUT2D eigenvalue weighted by Crippen LogP contribution is 2.19. The van der Waals surface area contributed by atoms with Gasteiger partial charge < -0.3 is 4.74 Å². The van der Waals surface area contributed by atoms with Crippen molar-refractivity contribution in [3.63, 3.8) is 0 Å². The Labute approximate surface area is 79.7 Å². The smallest absolute Gasteiger partial charge is 0.384 e. The van der Waals surface area contributed by atoms with Crippen LogP contribution in [-0.4, -0.2) is 12.1 Å². The van der Waals surface area contributed by atoms with Crippen LogP contribution in [-0.2, 0) is 9.53 Å². The fourth-order valence-corrected chi connectivity index (χ4v) is 1.72. The molecular formula is C11H16O2. The van der Waals surface area contributed by atoms with Gasteiger partial charge in [0.25, 0.3) is 0 Å². The van der Waals surface area contributed by atoms with Crippen molar-refractivity contribution in [2.75, 3.05) is 0 Å². The van der Waals surface area contributed by atoms with E-state index < -0.39 is 5.97 Å². The van der Waals surface area contributed by atoms with E-state index in [2.05, 4.69) is 0 Å². The Balaban J connectivity index is 2.30. The summed E-state index contributed by atoms with van der Waals surface area (Å²) in [6.07, 6.45) is 13.1. The first-order valence-electron chi connectivity index (χ1n) is 5.00. The minimum Gasteiger partial charge on any atom is -0.453 e. The van der Waals surface area contributed by atoms with Crippen molar-refractivity contribution in [3.8, 4) is 12.3 Å². The number of carbonyl (C=O) groups excluding carboxylic acids is 1. The molecule has 0 radical (unpaired) electrons. The summed E-state index contributed by atoms with van der Waals surface area (Å²) in [5, 5.41) is 0. The van der Waals surface area contributed by atoms with Gasteiger partial charge in [-0.3, -0.25) is 0 Å². The lowest BCUT2D eigenvalue weighted by atomic mass is 9.99. The van der Waals surface area contributed by atoms with E-state index in [9.17, 15) is 4.79 Å². The molecule has 0 aliphatic heterocycles. The number of terminal acetylenes is 1. The first-order chi connectivity index (χ1) is 6.33. The maximum absolute atomic E-state index is 10.8. The molecule has 0 atom stereocenters. The summed E-state index contributed by atoms with van der Waals surface area (Å²) in [7, 11) is 0. The van der Waals surface area contributed by atoms with Crippen LogP contribution >= 0.6 is 0 Å². The first kappa shape index (κ1) is 10.1. The average molecular weight is 180 g/mol. The molecule has 0 amide bonds. The molecule has 1 aliphatic rings. The fraction of sp³-hybridized carbons (Fsp3) is 0.727. The lowest BCUT2D eigenvalue weighted by Gasteiger charge is -2.18. The van der Waals surface area contributed by atoms with Gasteiger partial charge in [0.15, 0.2) is 0 Å². The SMILES string of the molecule is C#CC(=O)OC1CCCCCCC1. The van der Waals surface area contributed by atoms with Crippen LogP contribution in [0.25, 0.3) is 0 Å². The quantitative estimate of drug-likeness (QED) is 0.351. The zero-order valence-corrected chi connectivity index (χ0v) is 7.92. The summed E-state index contributed by atoms with van der Waals surface area (Å²) < 4.78 is 5.10. The van der Waals surface area contributed by atoms with Crippen LogP contribution < -0.4 is 0 Å². The highest BCUT2D eigenvalue weighted by atomic mass is 16.5. The molecule has 0 N–H and O–H groups in total. The molecule has 72 valence electrons. The number of hydrogen-bond donors (Lipinski definition) is 0. The van der Waals surface area contributed by atoms with E-state index in [-0.39, 0.29) is 6.10 Å². The van der Waals surface area contributed by atoms with Gasteiger partial charge in [-0.25, -0.2) is 4.79 Å². The Morgan fingerprint density at radius 2 is 1.69 bits per heavy atom. The predicted molar refractivity (Wildman–Crippen MR) is 51.0 cm³/mol. The average Bonchev–Trinajstić information content (AvgIpc) is 2.09. The standard InChI is InChI=1S/C11H16O2/c1-2-11(12)13-10-8-6-4-3-5-7-9-10/h1,10H,3-9H2. The normalized spacial score (nSPS) is 19.6. The third-order valence-electron chi connectivity index (χ3n) is 2.44. The fourth-order valence-electron chi connectivity index (χ4n) is 1.72. The summed E-state index contributed by atoms with van der Waals surface area (Å²) in [4.78, 5) is 10.8. The topological polar surface area (TPSA) is 26.3 Å². The van der Waals surface area contributed by atoms with Crippen LogP contribution in [0, 0.1) is 12.3 Å². The molecule has 2 heteroatoms. The molecule has 13 heavy (non-hydrogen) atoms. The van der Waals surface area contributed by atoms with Crippen LogP contribution in [0.1, 0.15) is 44.9 Å². The van der Waals surface area contributed by atoms with Gasteiger partial charge >= 0.3 is 5.97 Å². The monoisotopic (exact) mass is 180 g/mol.